The van der Waals surface area contributed by atoms with Crippen molar-refractivity contribution in [2.24, 2.45) is 5.92 Å². The maximum absolute atomic E-state index is 12.5. The third-order valence-corrected chi connectivity index (χ3v) is 12.9. The second-order valence-corrected chi connectivity index (χ2v) is 18.0. The largest absolute Gasteiger partial charge is 0.457 e. The first-order valence-corrected chi connectivity index (χ1v) is 21.6. The lowest BCUT2D eigenvalue weighted by atomic mass is 9.80. The third-order valence-electron chi connectivity index (χ3n) is 12.9. The van der Waals surface area contributed by atoms with Gasteiger partial charge in [0.1, 0.15) is 13.2 Å². The predicted molar refractivity (Wildman–Crippen MR) is 239 cm³/mol. The molecule has 3 fully saturated rings. The van der Waals surface area contributed by atoms with Crippen molar-refractivity contribution in [3.05, 3.63) is 83.1 Å². The number of allylic oxidation sites excluding steroid dienone is 1. The summed E-state index contributed by atoms with van der Waals surface area (Å²) in [6.45, 7) is 22.9. The molecule has 0 spiro atoms. The van der Waals surface area contributed by atoms with E-state index in [-0.39, 0.29) is 74.6 Å². The molecule has 0 N–H and O–H groups in total. The zero-order chi connectivity index (χ0) is 46.1. The monoisotopic (exact) mass is 877 g/mol. The van der Waals surface area contributed by atoms with Crippen LogP contribution in [0.4, 0.5) is 9.59 Å². The second kappa shape index (κ2) is 25.1. The van der Waals surface area contributed by atoms with E-state index in [1.807, 2.05) is 72.5 Å². The lowest BCUT2D eigenvalue weighted by Crippen LogP contribution is -2.41. The van der Waals surface area contributed by atoms with Gasteiger partial charge in [0, 0.05) is 24.8 Å². The quantitative estimate of drug-likeness (QED) is 0.186. The molecular weight excluding hydrogens is 806 g/mol. The number of hydrogen-bond acceptors (Lipinski definition) is 12. The van der Waals surface area contributed by atoms with Crippen molar-refractivity contribution in [3.8, 4) is 0 Å². The first-order chi connectivity index (χ1) is 29.2. The van der Waals surface area contributed by atoms with Gasteiger partial charge >= 0.3 is 38.7 Å². The highest BCUT2D eigenvalue weighted by Gasteiger charge is 2.51. The molecule has 4 heterocycles. The molecule has 3 saturated heterocycles. The fraction of sp³-hybridized carbons (Fsp3) is 0.617. The van der Waals surface area contributed by atoms with Crippen LogP contribution in [0.2, 0.25) is 12.6 Å². The van der Waals surface area contributed by atoms with E-state index >= 15 is 0 Å². The topological polar surface area (TPSA) is 164 Å². The number of amides is 2. The molecule has 0 radical (unpaired) electrons. The summed E-state index contributed by atoms with van der Waals surface area (Å²) in [6.07, 6.45) is 7.80. The Morgan fingerprint density at radius 1 is 0.683 bits per heavy atom. The predicted octanol–water partition coefficient (Wildman–Crippen LogP) is 9.55. The van der Waals surface area contributed by atoms with Crippen LogP contribution in [0.5, 0.6) is 0 Å². The minimum Gasteiger partial charge on any atom is -0.445 e. The summed E-state index contributed by atoms with van der Waals surface area (Å²) < 4.78 is 35.3. The van der Waals surface area contributed by atoms with Crippen LogP contribution in [0, 0.1) is 5.92 Å². The molecule has 2 aromatic carbocycles. The zero-order valence-corrected chi connectivity index (χ0v) is 38.4. The summed E-state index contributed by atoms with van der Waals surface area (Å²) in [7, 11) is -0.284. The van der Waals surface area contributed by atoms with Crippen LogP contribution in [-0.2, 0) is 60.5 Å². The number of benzene rings is 2. The SMILES string of the molecule is C.CC1=C(CCCB2OC(C)(C)C(C)(C)O2)CCN1C(=O)OCc1ccccc1.CC1C(CCCB2OC(C)(C)C(C)(C)O2)CCN1C(=O)OCc1ccccc1.O=C=O.O=C=O. The normalized spacial score (nSPS) is 21.0. The Morgan fingerprint density at radius 3 is 1.54 bits per heavy atom. The van der Waals surface area contributed by atoms with Crippen molar-refractivity contribution >= 4 is 38.7 Å². The lowest BCUT2D eigenvalue weighted by molar-refractivity contribution is -0.193. The van der Waals surface area contributed by atoms with Gasteiger partial charge in [-0.15, -0.1) is 0 Å². The van der Waals surface area contributed by atoms with Gasteiger partial charge in [-0.25, -0.2) is 9.59 Å². The Kier molecular flexibility index (Phi) is 21.7. The fourth-order valence-corrected chi connectivity index (χ4v) is 7.76. The van der Waals surface area contributed by atoms with Gasteiger partial charge in [-0.1, -0.05) is 80.9 Å². The van der Waals surface area contributed by atoms with Crippen molar-refractivity contribution in [2.45, 2.75) is 169 Å². The molecule has 4 aliphatic heterocycles. The molecular formula is C47H70B2N2O12. The number of carbonyl (C=O) groups excluding carboxylic acids is 6. The Balaban J connectivity index is 0.000000380. The second-order valence-electron chi connectivity index (χ2n) is 18.0. The molecule has 2 unspecified atom stereocenters. The van der Waals surface area contributed by atoms with Gasteiger partial charge < -0.3 is 33.0 Å². The smallest absolute Gasteiger partial charge is 0.445 e. The molecule has 0 saturated carbocycles. The summed E-state index contributed by atoms with van der Waals surface area (Å²) in [5.41, 5.74) is 3.29. The van der Waals surface area contributed by atoms with Gasteiger partial charge in [0.25, 0.3) is 0 Å². The van der Waals surface area contributed by atoms with Gasteiger partial charge in [-0.3, -0.25) is 4.90 Å². The van der Waals surface area contributed by atoms with Crippen molar-refractivity contribution in [1.82, 2.24) is 9.80 Å². The maximum atomic E-state index is 12.5. The number of nitrogens with zero attached hydrogens (tertiary/aromatic N) is 2. The van der Waals surface area contributed by atoms with E-state index in [2.05, 4.69) is 62.3 Å². The van der Waals surface area contributed by atoms with Gasteiger partial charge in [-0.05, 0) is 130 Å². The molecule has 2 atom stereocenters. The molecule has 0 bridgehead atoms. The van der Waals surface area contributed by atoms with Crippen molar-refractivity contribution in [2.75, 3.05) is 13.1 Å². The minimum absolute atomic E-state index is 0. The molecule has 0 aromatic heterocycles. The van der Waals surface area contributed by atoms with Gasteiger partial charge in [-0.2, -0.15) is 19.2 Å². The van der Waals surface area contributed by atoms with Crippen molar-refractivity contribution in [3.63, 3.8) is 0 Å². The van der Waals surface area contributed by atoms with Gasteiger partial charge in [0.2, 0.25) is 0 Å². The summed E-state index contributed by atoms with van der Waals surface area (Å²) in [5.74, 6) is 0.506. The van der Waals surface area contributed by atoms with Crippen molar-refractivity contribution in [1.29, 1.82) is 0 Å². The molecule has 14 nitrogen and oxygen atoms in total. The first-order valence-electron chi connectivity index (χ1n) is 21.6. The highest BCUT2D eigenvalue weighted by atomic mass is 16.7. The Hall–Kier alpha value is -4.55. The maximum Gasteiger partial charge on any atom is 0.457 e. The van der Waals surface area contributed by atoms with E-state index in [1.54, 1.807) is 4.90 Å². The Bertz CT molecular complexity index is 1780. The van der Waals surface area contributed by atoms with Crippen LogP contribution >= 0.6 is 0 Å². The van der Waals surface area contributed by atoms with Crippen molar-refractivity contribution < 1.29 is 56.9 Å². The van der Waals surface area contributed by atoms with E-state index in [4.69, 9.17) is 47.3 Å². The molecule has 63 heavy (non-hydrogen) atoms. The van der Waals surface area contributed by atoms with E-state index in [0.717, 1.165) is 74.5 Å². The van der Waals surface area contributed by atoms with Crippen LogP contribution in [-0.4, -0.2) is 90.1 Å². The van der Waals surface area contributed by atoms with Crippen LogP contribution < -0.4 is 0 Å². The van der Waals surface area contributed by atoms with Crippen LogP contribution in [0.3, 0.4) is 0 Å². The average molecular weight is 877 g/mol. The summed E-state index contributed by atoms with van der Waals surface area (Å²) in [5, 5.41) is 0. The lowest BCUT2D eigenvalue weighted by Gasteiger charge is -2.32. The molecule has 6 rings (SSSR count). The van der Waals surface area contributed by atoms with Crippen LogP contribution in [0.1, 0.15) is 126 Å². The van der Waals surface area contributed by atoms with Crippen LogP contribution in [0.15, 0.2) is 71.9 Å². The highest BCUT2D eigenvalue weighted by Crippen LogP contribution is 2.40. The highest BCUT2D eigenvalue weighted by molar-refractivity contribution is 6.45. The molecule has 16 heteroatoms. The average Bonchev–Trinajstić information content (AvgIpc) is 3.89. The number of likely N-dealkylation sites (tertiary alicyclic amines) is 1. The zero-order valence-electron chi connectivity index (χ0n) is 38.4. The van der Waals surface area contributed by atoms with E-state index < -0.39 is 0 Å². The molecule has 0 aliphatic carbocycles. The summed E-state index contributed by atoms with van der Waals surface area (Å²) in [6, 6.07) is 19.8. The third kappa shape index (κ3) is 15.9. The van der Waals surface area contributed by atoms with Gasteiger partial charge in [0.15, 0.2) is 0 Å². The molecule has 2 amide bonds. The fourth-order valence-electron chi connectivity index (χ4n) is 7.76. The minimum atomic E-state index is -0.278. The standard InChI is InChI=1S/C22H34BNO4.C22H32BNO4.2CO2.CH4/c2*1-17-19(12-9-14-23-27-21(2,3)22(4,5)28-23)13-15-24(17)20(25)26-16-18-10-7-6-8-11-18;2*2-1-3;/h6-8,10-11,17,19H,9,12-16H2,1-5H3;6-8,10-11H,9,12-16H2,1-5H3;;;1H4. The number of rotatable bonds is 12. The number of carbonyl (C=O) groups is 2. The number of hydrogen-bond donors (Lipinski definition) is 0. The Labute approximate surface area is 376 Å². The molecule has 4 aliphatic rings. The first kappa shape index (κ1) is 54.6. The van der Waals surface area contributed by atoms with E-state index in [1.165, 1.54) is 5.57 Å². The number of ether oxygens (including phenoxy) is 2. The van der Waals surface area contributed by atoms with E-state index in [9.17, 15) is 9.59 Å². The Morgan fingerprint density at radius 2 is 1.10 bits per heavy atom. The van der Waals surface area contributed by atoms with E-state index in [0.29, 0.717) is 25.7 Å². The molecule has 2 aromatic rings. The summed E-state index contributed by atoms with van der Waals surface area (Å²) >= 11 is 0. The summed E-state index contributed by atoms with van der Waals surface area (Å²) in [4.78, 5) is 61.0. The van der Waals surface area contributed by atoms with Gasteiger partial charge in [0.05, 0.1) is 22.4 Å². The molecule has 346 valence electrons. The van der Waals surface area contributed by atoms with Crippen LogP contribution in [0.25, 0.3) is 0 Å².